The highest BCUT2D eigenvalue weighted by Gasteiger charge is 2.23. The Balaban J connectivity index is 1.45. The van der Waals surface area contributed by atoms with E-state index >= 15 is 0 Å². The first-order valence-corrected chi connectivity index (χ1v) is 10.7. The predicted molar refractivity (Wildman–Crippen MR) is 126 cm³/mol. The van der Waals surface area contributed by atoms with Crippen LogP contribution in [0.3, 0.4) is 0 Å². The number of allylic oxidation sites excluding steroid dienone is 2. The Bertz CT molecular complexity index is 1040. The second-order valence-electron chi connectivity index (χ2n) is 7.43. The van der Waals surface area contributed by atoms with Crippen LogP contribution in [0.4, 0.5) is 10.3 Å². The number of nitrogens with one attached hydrogen (secondary N) is 1. The molecule has 3 rings (SSSR count). The fourth-order valence-corrected chi connectivity index (χ4v) is 3.28. The first-order chi connectivity index (χ1) is 16.5. The zero-order valence-corrected chi connectivity index (χ0v) is 18.7. The van der Waals surface area contributed by atoms with Crippen molar-refractivity contribution < 1.29 is 18.7 Å². The number of carbonyl (C=O) groups excluding carboxylic acids is 2. The van der Waals surface area contributed by atoms with E-state index in [4.69, 9.17) is 10.5 Å². The zero-order chi connectivity index (χ0) is 24.3. The van der Waals surface area contributed by atoms with Crippen molar-refractivity contribution in [1.82, 2.24) is 20.2 Å². The number of amides is 2. The van der Waals surface area contributed by atoms with Crippen molar-refractivity contribution in [3.63, 3.8) is 0 Å². The molecule has 1 aromatic carbocycles. The topological polar surface area (TPSA) is 114 Å². The van der Waals surface area contributed by atoms with E-state index in [1.807, 2.05) is 35.2 Å². The SMILES string of the molecule is C=C/C=C(\C=C(/N)F)C(=O)NCC(=O)N1CCN(c2ncc(OCc3ccccc3)cn2)CC1. The maximum Gasteiger partial charge on any atom is 0.251 e. The monoisotopic (exact) mass is 466 g/mol. The zero-order valence-electron chi connectivity index (χ0n) is 18.7. The summed E-state index contributed by atoms with van der Waals surface area (Å²) in [4.78, 5) is 37.0. The Morgan fingerprint density at radius 3 is 2.44 bits per heavy atom. The van der Waals surface area contributed by atoms with Crippen LogP contribution in [0, 0.1) is 0 Å². The summed E-state index contributed by atoms with van der Waals surface area (Å²) in [5, 5.41) is 2.48. The number of rotatable bonds is 9. The van der Waals surface area contributed by atoms with Crippen molar-refractivity contribution in [1.29, 1.82) is 0 Å². The van der Waals surface area contributed by atoms with Crippen LogP contribution in [0.15, 0.2) is 79.1 Å². The molecule has 0 unspecified atom stereocenters. The number of hydrogen-bond donors (Lipinski definition) is 2. The van der Waals surface area contributed by atoms with Crippen LogP contribution < -0.4 is 20.7 Å². The highest BCUT2D eigenvalue weighted by Crippen LogP contribution is 2.15. The van der Waals surface area contributed by atoms with E-state index in [1.165, 1.54) is 12.2 Å². The number of anilines is 1. The first-order valence-electron chi connectivity index (χ1n) is 10.7. The molecule has 0 bridgehead atoms. The minimum Gasteiger partial charge on any atom is -0.486 e. The van der Waals surface area contributed by atoms with Gasteiger partial charge >= 0.3 is 0 Å². The lowest BCUT2D eigenvalue weighted by molar-refractivity contribution is -0.132. The van der Waals surface area contributed by atoms with Crippen LogP contribution in [-0.2, 0) is 16.2 Å². The van der Waals surface area contributed by atoms with Gasteiger partial charge in [-0.2, -0.15) is 4.39 Å². The molecule has 0 saturated carbocycles. The molecule has 0 aliphatic carbocycles. The van der Waals surface area contributed by atoms with Crippen LogP contribution >= 0.6 is 0 Å². The van der Waals surface area contributed by atoms with E-state index in [1.54, 1.807) is 17.3 Å². The highest BCUT2D eigenvalue weighted by atomic mass is 19.1. The maximum atomic E-state index is 12.9. The molecule has 3 N–H and O–H groups in total. The van der Waals surface area contributed by atoms with E-state index < -0.39 is 11.9 Å². The highest BCUT2D eigenvalue weighted by molar-refractivity contribution is 5.98. The molecule has 9 nitrogen and oxygen atoms in total. The summed E-state index contributed by atoms with van der Waals surface area (Å²) >= 11 is 0. The van der Waals surface area contributed by atoms with Crippen molar-refractivity contribution in [2.24, 2.45) is 5.73 Å². The van der Waals surface area contributed by atoms with Gasteiger partial charge in [0.15, 0.2) is 11.7 Å². The average molecular weight is 467 g/mol. The predicted octanol–water partition coefficient (Wildman–Crippen LogP) is 1.70. The van der Waals surface area contributed by atoms with Crippen molar-refractivity contribution in [2.45, 2.75) is 6.61 Å². The van der Waals surface area contributed by atoms with Crippen LogP contribution in [-0.4, -0.2) is 59.4 Å². The second kappa shape index (κ2) is 12.1. The lowest BCUT2D eigenvalue weighted by Crippen LogP contribution is -2.51. The molecule has 2 heterocycles. The third kappa shape index (κ3) is 7.16. The Morgan fingerprint density at radius 1 is 1.15 bits per heavy atom. The summed E-state index contributed by atoms with van der Waals surface area (Å²) in [5.74, 6) is -0.735. The van der Waals surface area contributed by atoms with E-state index in [-0.39, 0.29) is 18.0 Å². The van der Waals surface area contributed by atoms with Gasteiger partial charge in [-0.1, -0.05) is 43.0 Å². The Labute approximate surface area is 197 Å². The summed E-state index contributed by atoms with van der Waals surface area (Å²) < 4.78 is 18.6. The van der Waals surface area contributed by atoms with Crippen molar-refractivity contribution >= 4 is 17.8 Å². The summed E-state index contributed by atoms with van der Waals surface area (Å²) in [6, 6.07) is 9.82. The lowest BCUT2D eigenvalue weighted by Gasteiger charge is -2.34. The number of aromatic nitrogens is 2. The largest absolute Gasteiger partial charge is 0.486 e. The number of nitrogens with two attached hydrogens (primary N) is 1. The van der Waals surface area contributed by atoms with Gasteiger partial charge in [-0.25, -0.2) is 9.97 Å². The summed E-state index contributed by atoms with van der Waals surface area (Å²) in [7, 11) is 0. The molecule has 1 fully saturated rings. The van der Waals surface area contributed by atoms with Crippen LogP contribution in [0.2, 0.25) is 0 Å². The number of nitrogens with zero attached hydrogens (tertiary/aromatic N) is 4. The quantitative estimate of drug-likeness (QED) is 0.329. The lowest BCUT2D eigenvalue weighted by atomic mass is 10.2. The third-order valence-electron chi connectivity index (χ3n) is 5.03. The molecule has 1 aliphatic rings. The van der Waals surface area contributed by atoms with Crippen molar-refractivity contribution in [3.05, 3.63) is 84.6 Å². The number of benzene rings is 1. The van der Waals surface area contributed by atoms with Crippen LogP contribution in [0.1, 0.15) is 5.56 Å². The van der Waals surface area contributed by atoms with Crippen LogP contribution in [0.25, 0.3) is 0 Å². The molecule has 0 atom stereocenters. The molecule has 2 amide bonds. The van der Waals surface area contributed by atoms with Gasteiger partial charge in [0.2, 0.25) is 11.9 Å². The molecule has 34 heavy (non-hydrogen) atoms. The fourth-order valence-electron chi connectivity index (χ4n) is 3.28. The van der Waals surface area contributed by atoms with Crippen LogP contribution in [0.5, 0.6) is 5.75 Å². The molecule has 0 spiro atoms. The van der Waals surface area contributed by atoms with Gasteiger partial charge < -0.3 is 25.6 Å². The average Bonchev–Trinajstić information content (AvgIpc) is 2.86. The Morgan fingerprint density at radius 2 is 1.82 bits per heavy atom. The van der Waals surface area contributed by atoms with Gasteiger partial charge in [-0.05, 0) is 11.6 Å². The molecule has 1 aromatic heterocycles. The van der Waals surface area contributed by atoms with E-state index in [0.29, 0.717) is 44.5 Å². The first kappa shape index (κ1) is 24.4. The summed E-state index contributed by atoms with van der Waals surface area (Å²) in [5.41, 5.74) is 6.01. The van der Waals surface area contributed by atoms with E-state index in [0.717, 1.165) is 11.6 Å². The van der Waals surface area contributed by atoms with Gasteiger partial charge in [0.1, 0.15) is 6.61 Å². The molecule has 2 aromatic rings. The number of carbonyl (C=O) groups is 2. The summed E-state index contributed by atoms with van der Waals surface area (Å²) in [6.45, 7) is 5.70. The maximum absolute atomic E-state index is 12.9. The molecule has 178 valence electrons. The minimum absolute atomic E-state index is 0.0269. The fraction of sp³-hybridized carbons (Fsp3) is 0.250. The normalized spacial score (nSPS) is 14.5. The molecule has 1 saturated heterocycles. The van der Waals surface area contributed by atoms with Gasteiger partial charge in [0, 0.05) is 37.8 Å². The van der Waals surface area contributed by atoms with Gasteiger partial charge in [0.05, 0.1) is 18.9 Å². The van der Waals surface area contributed by atoms with Gasteiger partial charge in [-0.15, -0.1) is 0 Å². The Hall–Kier alpha value is -4.21. The molecule has 10 heteroatoms. The van der Waals surface area contributed by atoms with E-state index in [2.05, 4.69) is 21.9 Å². The molecular formula is C24H27FN6O3. The Kier molecular flexibility index (Phi) is 8.73. The standard InChI is InChI=1S/C24H27FN6O3/c1-2-6-19(13-21(25)26)23(33)27-16-22(32)30-9-11-31(12-10-30)24-28-14-20(15-29-24)34-17-18-7-4-3-5-8-18/h2-8,13-15H,1,9-12,16-17,26H2,(H,27,33)/b19-6+,21-13-. The third-order valence-corrected chi connectivity index (χ3v) is 5.03. The minimum atomic E-state index is -1.01. The van der Waals surface area contributed by atoms with Gasteiger partial charge in [0.25, 0.3) is 5.91 Å². The van der Waals surface area contributed by atoms with Crippen molar-refractivity contribution in [3.8, 4) is 5.75 Å². The van der Waals surface area contributed by atoms with Crippen molar-refractivity contribution in [2.75, 3.05) is 37.6 Å². The number of piperazine rings is 1. The van der Waals surface area contributed by atoms with E-state index in [9.17, 15) is 14.0 Å². The smallest absolute Gasteiger partial charge is 0.251 e. The number of hydrogen-bond acceptors (Lipinski definition) is 7. The number of ether oxygens (including phenoxy) is 1. The molecule has 1 aliphatic heterocycles. The van der Waals surface area contributed by atoms with Gasteiger partial charge in [-0.3, -0.25) is 9.59 Å². The molecule has 0 radical (unpaired) electrons. The number of halogens is 1. The summed E-state index contributed by atoms with van der Waals surface area (Å²) in [6.07, 6.45) is 6.78. The molecular weight excluding hydrogens is 439 g/mol. The second-order valence-corrected chi connectivity index (χ2v) is 7.43.